The molecule has 1 aliphatic rings. The number of nitrogen functional groups attached to an aromatic ring is 1. The average molecular weight is 269 g/mol. The van der Waals surface area contributed by atoms with E-state index in [0.29, 0.717) is 16.8 Å². The van der Waals surface area contributed by atoms with E-state index in [9.17, 15) is 0 Å². The average Bonchev–Trinajstić information content (AvgIpc) is 2.78. The van der Waals surface area contributed by atoms with Crippen LogP contribution in [0, 0.1) is 5.92 Å². The molecule has 1 aromatic rings. The number of hydrogen-bond acceptors (Lipinski definition) is 4. The standard InChI is InChI=1S/C13H21ClN4/c1-10(9-18-4-2-3-5-18)8-16-13-7-11(15)6-12(14)17-13/h6-7,10H,2-5,8-9H2,1H3,(H3,15,16,17). The van der Waals surface area contributed by atoms with Crippen molar-refractivity contribution in [2.75, 3.05) is 37.2 Å². The van der Waals surface area contributed by atoms with Crippen LogP contribution in [-0.2, 0) is 0 Å². The third kappa shape index (κ3) is 4.03. The van der Waals surface area contributed by atoms with Gasteiger partial charge in [-0.15, -0.1) is 0 Å². The number of nitrogens with zero attached hydrogens (tertiary/aromatic N) is 2. The highest BCUT2D eigenvalue weighted by atomic mass is 35.5. The van der Waals surface area contributed by atoms with E-state index in [0.717, 1.165) is 18.9 Å². The maximum absolute atomic E-state index is 5.86. The van der Waals surface area contributed by atoms with Gasteiger partial charge in [0.2, 0.25) is 0 Å². The van der Waals surface area contributed by atoms with Crippen LogP contribution in [0.1, 0.15) is 19.8 Å². The first-order valence-electron chi connectivity index (χ1n) is 6.53. The van der Waals surface area contributed by atoms with E-state index in [4.69, 9.17) is 17.3 Å². The van der Waals surface area contributed by atoms with E-state index in [1.54, 1.807) is 6.07 Å². The van der Waals surface area contributed by atoms with E-state index in [1.165, 1.54) is 25.9 Å². The van der Waals surface area contributed by atoms with Crippen LogP contribution in [0.15, 0.2) is 12.1 Å². The van der Waals surface area contributed by atoms with Crippen molar-refractivity contribution in [1.29, 1.82) is 0 Å². The van der Waals surface area contributed by atoms with Crippen LogP contribution in [0.2, 0.25) is 5.15 Å². The van der Waals surface area contributed by atoms with Gasteiger partial charge in [0.15, 0.2) is 0 Å². The largest absolute Gasteiger partial charge is 0.399 e. The number of nitrogens with two attached hydrogens (primary N) is 1. The number of likely N-dealkylation sites (tertiary alicyclic amines) is 1. The Hall–Kier alpha value is -1.00. The molecule has 1 atom stereocenters. The lowest BCUT2D eigenvalue weighted by atomic mass is 10.1. The second-order valence-electron chi connectivity index (χ2n) is 5.10. The van der Waals surface area contributed by atoms with Crippen molar-refractivity contribution in [3.8, 4) is 0 Å². The fourth-order valence-corrected chi connectivity index (χ4v) is 2.57. The van der Waals surface area contributed by atoms with Crippen molar-refractivity contribution in [2.45, 2.75) is 19.8 Å². The zero-order chi connectivity index (χ0) is 13.0. The van der Waals surface area contributed by atoms with Crippen molar-refractivity contribution in [2.24, 2.45) is 5.92 Å². The summed E-state index contributed by atoms with van der Waals surface area (Å²) in [7, 11) is 0. The summed E-state index contributed by atoms with van der Waals surface area (Å²) in [5.74, 6) is 1.35. The molecule has 0 bridgehead atoms. The molecule has 0 radical (unpaired) electrons. The van der Waals surface area contributed by atoms with Gasteiger partial charge in [-0.05, 0) is 37.9 Å². The summed E-state index contributed by atoms with van der Waals surface area (Å²) in [6, 6.07) is 3.47. The summed E-state index contributed by atoms with van der Waals surface area (Å²) in [6.07, 6.45) is 2.68. The third-order valence-electron chi connectivity index (χ3n) is 3.22. The first-order chi connectivity index (χ1) is 8.63. The predicted octanol–water partition coefficient (Wildman–Crippen LogP) is 2.46. The quantitative estimate of drug-likeness (QED) is 0.806. The lowest BCUT2D eigenvalue weighted by Crippen LogP contribution is -2.29. The van der Waals surface area contributed by atoms with Crippen molar-refractivity contribution >= 4 is 23.1 Å². The number of nitrogens with one attached hydrogen (secondary N) is 1. The minimum Gasteiger partial charge on any atom is -0.399 e. The molecule has 1 aromatic heterocycles. The molecule has 1 unspecified atom stereocenters. The summed E-state index contributed by atoms with van der Waals surface area (Å²) in [6.45, 7) is 6.77. The van der Waals surface area contributed by atoms with E-state index >= 15 is 0 Å². The molecule has 1 saturated heterocycles. The third-order valence-corrected chi connectivity index (χ3v) is 3.41. The van der Waals surface area contributed by atoms with E-state index in [2.05, 4.69) is 22.1 Å². The Morgan fingerprint density at radius 2 is 2.17 bits per heavy atom. The van der Waals surface area contributed by atoms with Crippen molar-refractivity contribution < 1.29 is 0 Å². The molecule has 4 nitrogen and oxygen atoms in total. The van der Waals surface area contributed by atoms with Gasteiger partial charge in [-0.2, -0.15) is 0 Å². The van der Waals surface area contributed by atoms with Crippen LogP contribution in [0.25, 0.3) is 0 Å². The highest BCUT2D eigenvalue weighted by Gasteiger charge is 2.14. The van der Waals surface area contributed by atoms with Gasteiger partial charge in [0.25, 0.3) is 0 Å². The SMILES string of the molecule is CC(CNc1cc(N)cc(Cl)n1)CN1CCCC1. The number of anilines is 2. The smallest absolute Gasteiger partial charge is 0.133 e. The first-order valence-corrected chi connectivity index (χ1v) is 6.90. The van der Waals surface area contributed by atoms with Gasteiger partial charge in [0.1, 0.15) is 11.0 Å². The Labute approximate surface area is 114 Å². The first kappa shape index (κ1) is 13.4. The number of rotatable bonds is 5. The molecule has 0 aromatic carbocycles. The van der Waals surface area contributed by atoms with Crippen LogP contribution in [0.5, 0.6) is 0 Å². The topological polar surface area (TPSA) is 54.2 Å². The van der Waals surface area contributed by atoms with Crippen LogP contribution in [-0.4, -0.2) is 36.1 Å². The maximum atomic E-state index is 5.86. The van der Waals surface area contributed by atoms with Gasteiger partial charge in [-0.25, -0.2) is 4.98 Å². The summed E-state index contributed by atoms with van der Waals surface area (Å²) < 4.78 is 0. The lowest BCUT2D eigenvalue weighted by molar-refractivity contribution is 0.294. The molecule has 2 heterocycles. The van der Waals surface area contributed by atoms with Gasteiger partial charge in [-0.3, -0.25) is 0 Å². The fourth-order valence-electron chi connectivity index (χ4n) is 2.36. The van der Waals surface area contributed by atoms with Crippen LogP contribution >= 0.6 is 11.6 Å². The highest BCUT2D eigenvalue weighted by molar-refractivity contribution is 6.29. The van der Waals surface area contributed by atoms with E-state index in [1.807, 2.05) is 6.07 Å². The molecule has 3 N–H and O–H groups in total. The molecule has 18 heavy (non-hydrogen) atoms. The molecule has 0 spiro atoms. The Morgan fingerprint density at radius 1 is 1.44 bits per heavy atom. The lowest BCUT2D eigenvalue weighted by Gasteiger charge is -2.20. The van der Waals surface area contributed by atoms with E-state index in [-0.39, 0.29) is 0 Å². The number of hydrogen-bond donors (Lipinski definition) is 2. The molecule has 1 fully saturated rings. The zero-order valence-corrected chi connectivity index (χ0v) is 11.6. The molecular formula is C13H21ClN4. The van der Waals surface area contributed by atoms with Crippen molar-refractivity contribution in [3.05, 3.63) is 17.3 Å². The number of halogens is 1. The van der Waals surface area contributed by atoms with Gasteiger partial charge >= 0.3 is 0 Å². The molecule has 0 saturated carbocycles. The molecule has 0 aliphatic carbocycles. The number of pyridine rings is 1. The molecular weight excluding hydrogens is 248 g/mol. The Bertz CT molecular complexity index is 370. The van der Waals surface area contributed by atoms with Gasteiger partial charge in [0.05, 0.1) is 0 Å². The van der Waals surface area contributed by atoms with Crippen LogP contribution in [0.3, 0.4) is 0 Å². The maximum Gasteiger partial charge on any atom is 0.133 e. The van der Waals surface area contributed by atoms with Crippen molar-refractivity contribution in [3.63, 3.8) is 0 Å². The minimum atomic E-state index is 0.435. The van der Waals surface area contributed by atoms with Gasteiger partial charge < -0.3 is 16.0 Å². The van der Waals surface area contributed by atoms with Crippen LogP contribution < -0.4 is 11.1 Å². The summed E-state index contributed by atoms with van der Waals surface area (Å²) in [4.78, 5) is 6.72. The van der Waals surface area contributed by atoms with Gasteiger partial charge in [0, 0.05) is 24.8 Å². The molecule has 5 heteroatoms. The highest BCUT2D eigenvalue weighted by Crippen LogP contribution is 2.16. The van der Waals surface area contributed by atoms with Crippen LogP contribution in [0.4, 0.5) is 11.5 Å². The van der Waals surface area contributed by atoms with Crippen molar-refractivity contribution in [1.82, 2.24) is 9.88 Å². The molecule has 100 valence electrons. The fraction of sp³-hybridized carbons (Fsp3) is 0.615. The number of aromatic nitrogens is 1. The second kappa shape index (κ2) is 6.25. The van der Waals surface area contributed by atoms with Gasteiger partial charge in [-0.1, -0.05) is 18.5 Å². The second-order valence-corrected chi connectivity index (χ2v) is 5.49. The Balaban J connectivity index is 1.79. The Morgan fingerprint density at radius 3 is 2.83 bits per heavy atom. The molecule has 0 amide bonds. The predicted molar refractivity (Wildman–Crippen MR) is 77.0 cm³/mol. The zero-order valence-electron chi connectivity index (χ0n) is 10.8. The molecule has 1 aliphatic heterocycles. The Kier molecular flexibility index (Phi) is 4.66. The monoisotopic (exact) mass is 268 g/mol. The summed E-state index contributed by atoms with van der Waals surface area (Å²) >= 11 is 5.86. The summed E-state index contributed by atoms with van der Waals surface area (Å²) in [5.41, 5.74) is 6.37. The molecule has 2 rings (SSSR count). The van der Waals surface area contributed by atoms with E-state index < -0.39 is 0 Å². The minimum absolute atomic E-state index is 0.435. The summed E-state index contributed by atoms with van der Waals surface area (Å²) in [5, 5.41) is 3.73. The normalized spacial score (nSPS) is 17.9.